The molecule has 0 aromatic carbocycles. The van der Waals surface area contributed by atoms with Crippen molar-refractivity contribution in [1.82, 2.24) is 5.32 Å². The highest BCUT2D eigenvalue weighted by atomic mass is 16.3. The molecule has 0 bridgehead atoms. The van der Waals surface area contributed by atoms with Crippen LogP contribution in [-0.2, 0) is 0 Å². The minimum atomic E-state index is -0.610. The fourth-order valence-electron chi connectivity index (χ4n) is 2.10. The molecule has 2 rings (SSSR count). The average molecular weight is 208 g/mol. The molecule has 0 aromatic heterocycles. The molecule has 4 heteroatoms. The molecule has 3 atom stereocenters. The summed E-state index contributed by atoms with van der Waals surface area (Å²) in [4.78, 5) is 0. The highest BCUT2D eigenvalue weighted by molar-refractivity contribution is 5.37. The van der Waals surface area contributed by atoms with E-state index in [1.165, 1.54) is 0 Å². The van der Waals surface area contributed by atoms with Gasteiger partial charge in [0.2, 0.25) is 0 Å². The molecule has 4 nitrogen and oxygen atoms in total. The van der Waals surface area contributed by atoms with Gasteiger partial charge in [0.25, 0.3) is 0 Å². The Balaban J connectivity index is 2.17. The molecule has 0 saturated carbocycles. The van der Waals surface area contributed by atoms with E-state index in [0.29, 0.717) is 0 Å². The van der Waals surface area contributed by atoms with E-state index < -0.39 is 6.10 Å². The first-order valence-electron chi connectivity index (χ1n) is 5.10. The molecule has 1 heterocycles. The van der Waals surface area contributed by atoms with Gasteiger partial charge in [-0.2, -0.15) is 0 Å². The first kappa shape index (κ1) is 10.4. The summed E-state index contributed by atoms with van der Waals surface area (Å²) >= 11 is 0. The molecule has 0 spiro atoms. The highest BCUT2D eigenvalue weighted by Crippen LogP contribution is 2.28. The van der Waals surface area contributed by atoms with Crippen LogP contribution in [-0.4, -0.2) is 35.5 Å². The molecule has 3 unspecified atom stereocenters. The van der Waals surface area contributed by atoms with E-state index in [0.717, 1.165) is 11.3 Å². The zero-order chi connectivity index (χ0) is 10.8. The van der Waals surface area contributed by atoms with Gasteiger partial charge in [-0.05, 0) is 5.57 Å². The van der Waals surface area contributed by atoms with Crippen LogP contribution in [0.2, 0.25) is 0 Å². The summed E-state index contributed by atoms with van der Waals surface area (Å²) < 4.78 is 0. The van der Waals surface area contributed by atoms with E-state index in [1.807, 2.05) is 24.3 Å². The molecule has 0 saturated heterocycles. The summed E-state index contributed by atoms with van der Waals surface area (Å²) in [6, 6.07) is 0.0516. The molecule has 1 aliphatic carbocycles. The first-order chi connectivity index (χ1) is 7.26. The van der Waals surface area contributed by atoms with Gasteiger partial charge in [-0.3, -0.25) is 0 Å². The third-order valence-corrected chi connectivity index (χ3v) is 2.88. The lowest BCUT2D eigenvalue weighted by Gasteiger charge is -2.27. The van der Waals surface area contributed by atoms with Gasteiger partial charge in [0, 0.05) is 18.2 Å². The highest BCUT2D eigenvalue weighted by Gasteiger charge is 2.31. The Morgan fingerprint density at radius 3 is 3.00 bits per heavy atom. The van der Waals surface area contributed by atoms with Gasteiger partial charge in [0.05, 0.1) is 18.8 Å². The Morgan fingerprint density at radius 2 is 2.33 bits per heavy atom. The van der Waals surface area contributed by atoms with Gasteiger partial charge in [-0.1, -0.05) is 24.3 Å². The van der Waals surface area contributed by atoms with Crippen molar-refractivity contribution < 1.29 is 10.2 Å². The Kier molecular flexibility index (Phi) is 2.90. The maximum atomic E-state index is 9.74. The largest absolute Gasteiger partial charge is 0.390 e. The zero-order valence-corrected chi connectivity index (χ0v) is 8.43. The molecule has 2 aliphatic rings. The molecule has 15 heavy (non-hydrogen) atoms. The fourth-order valence-corrected chi connectivity index (χ4v) is 2.10. The van der Waals surface area contributed by atoms with Crippen LogP contribution in [0, 0.1) is 5.92 Å². The number of nitrogens with one attached hydrogen (secondary N) is 1. The number of nitrogens with two attached hydrogens (primary N) is 1. The summed E-state index contributed by atoms with van der Waals surface area (Å²) in [5.74, 6) is 0.216. The molecule has 1 aliphatic heterocycles. The minimum absolute atomic E-state index is 0.00679. The maximum absolute atomic E-state index is 9.74. The van der Waals surface area contributed by atoms with Gasteiger partial charge in [-0.15, -0.1) is 0 Å². The van der Waals surface area contributed by atoms with Crippen molar-refractivity contribution in [2.75, 3.05) is 13.2 Å². The summed E-state index contributed by atoms with van der Waals surface area (Å²) in [6.45, 7) is 0.228. The van der Waals surface area contributed by atoms with Crippen molar-refractivity contribution in [2.45, 2.75) is 12.1 Å². The van der Waals surface area contributed by atoms with E-state index >= 15 is 0 Å². The van der Waals surface area contributed by atoms with Crippen molar-refractivity contribution in [3.8, 4) is 0 Å². The topological polar surface area (TPSA) is 78.5 Å². The number of allylic oxidation sites excluding steroid dienone is 2. The Morgan fingerprint density at radius 1 is 1.53 bits per heavy atom. The predicted octanol–water partition coefficient (Wildman–Crippen LogP) is -0.734. The Hall–Kier alpha value is -1.10. The van der Waals surface area contributed by atoms with Crippen molar-refractivity contribution in [3.05, 3.63) is 35.6 Å². The second-order valence-corrected chi connectivity index (χ2v) is 3.85. The fraction of sp³-hybridized carbons (Fsp3) is 0.455. The lowest BCUT2D eigenvalue weighted by molar-refractivity contribution is 0.206. The normalized spacial score (nSPS) is 30.3. The molecular weight excluding hydrogens is 192 g/mol. The summed E-state index contributed by atoms with van der Waals surface area (Å²) in [6.07, 6.45) is 7.24. The zero-order valence-electron chi connectivity index (χ0n) is 8.43. The molecule has 0 amide bonds. The molecule has 0 aromatic rings. The third kappa shape index (κ3) is 1.84. The molecular formula is C11H16N2O2. The monoisotopic (exact) mass is 208 g/mol. The van der Waals surface area contributed by atoms with Crippen LogP contribution in [0.5, 0.6) is 0 Å². The van der Waals surface area contributed by atoms with E-state index in [4.69, 9.17) is 10.8 Å². The average Bonchev–Trinajstić information content (AvgIpc) is 2.70. The van der Waals surface area contributed by atoms with Crippen molar-refractivity contribution in [1.29, 1.82) is 0 Å². The quantitative estimate of drug-likeness (QED) is 0.493. The van der Waals surface area contributed by atoms with Gasteiger partial charge < -0.3 is 21.3 Å². The van der Waals surface area contributed by atoms with Crippen molar-refractivity contribution >= 4 is 0 Å². The van der Waals surface area contributed by atoms with Gasteiger partial charge >= 0.3 is 0 Å². The number of aliphatic hydroxyl groups is 2. The molecule has 0 radical (unpaired) electrons. The van der Waals surface area contributed by atoms with E-state index in [9.17, 15) is 5.11 Å². The number of hydrogen-bond donors (Lipinski definition) is 4. The summed E-state index contributed by atoms with van der Waals surface area (Å²) in [7, 11) is 0. The van der Waals surface area contributed by atoms with E-state index in [2.05, 4.69) is 5.32 Å². The van der Waals surface area contributed by atoms with Crippen LogP contribution in [0.15, 0.2) is 35.6 Å². The first-order valence-corrected chi connectivity index (χ1v) is 5.10. The maximum Gasteiger partial charge on any atom is 0.0895 e. The standard InChI is InChI=1S/C11H16N2O2/c12-5-10(15)9-3-1-2-7-4-8(6-14)13-11(7)9/h1-4,7,10-11,13-15H,5-6,12H2. The van der Waals surface area contributed by atoms with Crippen LogP contribution in [0.3, 0.4) is 0 Å². The summed E-state index contributed by atoms with van der Waals surface area (Å²) in [5.41, 5.74) is 7.15. The number of hydrogen-bond acceptors (Lipinski definition) is 4. The third-order valence-electron chi connectivity index (χ3n) is 2.88. The van der Waals surface area contributed by atoms with Gasteiger partial charge in [0.1, 0.15) is 0 Å². The predicted molar refractivity (Wildman–Crippen MR) is 57.9 cm³/mol. The second kappa shape index (κ2) is 4.18. The molecule has 5 N–H and O–H groups in total. The minimum Gasteiger partial charge on any atom is -0.390 e. The second-order valence-electron chi connectivity index (χ2n) is 3.85. The Labute approximate surface area is 88.8 Å². The van der Waals surface area contributed by atoms with Crippen LogP contribution in [0.1, 0.15) is 0 Å². The van der Waals surface area contributed by atoms with Crippen molar-refractivity contribution in [3.63, 3.8) is 0 Å². The van der Waals surface area contributed by atoms with Crippen LogP contribution in [0.4, 0.5) is 0 Å². The Bertz CT molecular complexity index is 333. The molecule has 0 fully saturated rings. The summed E-state index contributed by atoms with van der Waals surface area (Å²) in [5, 5.41) is 22.0. The lowest BCUT2D eigenvalue weighted by atomic mass is 9.87. The molecule has 82 valence electrons. The SMILES string of the molecule is NCC(O)C1=CC=CC2C=C(CO)NC12. The van der Waals surface area contributed by atoms with Gasteiger partial charge in [-0.25, -0.2) is 0 Å². The van der Waals surface area contributed by atoms with Crippen LogP contribution in [0.25, 0.3) is 0 Å². The smallest absolute Gasteiger partial charge is 0.0895 e. The van der Waals surface area contributed by atoms with E-state index in [1.54, 1.807) is 0 Å². The lowest BCUT2D eigenvalue weighted by Crippen LogP contribution is -2.39. The van der Waals surface area contributed by atoms with E-state index in [-0.39, 0.29) is 25.1 Å². The number of aliphatic hydroxyl groups excluding tert-OH is 2. The number of rotatable bonds is 3. The van der Waals surface area contributed by atoms with Crippen LogP contribution >= 0.6 is 0 Å². The van der Waals surface area contributed by atoms with Crippen molar-refractivity contribution in [2.24, 2.45) is 11.7 Å². The number of fused-ring (bicyclic) bond motifs is 1. The van der Waals surface area contributed by atoms with Gasteiger partial charge in [0.15, 0.2) is 0 Å². The van der Waals surface area contributed by atoms with Crippen LogP contribution < -0.4 is 11.1 Å².